The Morgan fingerprint density at radius 3 is 2.05 bits per heavy atom. The summed E-state index contributed by atoms with van der Waals surface area (Å²) in [6.45, 7) is 0.889. The fraction of sp³-hybridized carbons (Fsp3) is 0.464. The molecule has 0 spiro atoms. The molecular formula is C28H33FN2O6. The Hall–Kier alpha value is -3.62. The van der Waals surface area contributed by atoms with Gasteiger partial charge in [-0.05, 0) is 86.9 Å². The lowest BCUT2D eigenvalue weighted by molar-refractivity contribution is -0.143. The molecular weight excluding hydrogens is 479 g/mol. The second-order valence-corrected chi connectivity index (χ2v) is 9.72. The standard InChI is InChI=1S/C28H33FN2O6/c29-24-16-21(8-13-25(24)36-17-18-2-1-3-18)27(33)31-15-14-30-26(32)19-4-9-22(10-5-19)37-23-11-6-20(7-12-23)28(34)35/h4-5,8-10,13,16,18,20,23H,1-3,6-7,11-12,14-15,17H2,(H,30,32)(H,31,33)(H,34,35). The fourth-order valence-corrected chi connectivity index (χ4v) is 4.49. The van der Waals surface area contributed by atoms with Crippen molar-refractivity contribution < 1.29 is 33.4 Å². The molecule has 0 saturated heterocycles. The number of halogens is 1. The molecule has 2 aliphatic carbocycles. The van der Waals surface area contributed by atoms with Crippen LogP contribution in [0.25, 0.3) is 0 Å². The van der Waals surface area contributed by atoms with Crippen molar-refractivity contribution in [2.75, 3.05) is 19.7 Å². The molecule has 2 aromatic rings. The van der Waals surface area contributed by atoms with Crippen molar-refractivity contribution in [3.8, 4) is 11.5 Å². The van der Waals surface area contributed by atoms with E-state index in [0.29, 0.717) is 49.5 Å². The normalized spacial score (nSPS) is 19.4. The van der Waals surface area contributed by atoms with E-state index in [0.717, 1.165) is 18.9 Å². The number of carboxylic acid groups (broad SMARTS) is 1. The van der Waals surface area contributed by atoms with Gasteiger partial charge in [-0.15, -0.1) is 0 Å². The first-order chi connectivity index (χ1) is 17.9. The van der Waals surface area contributed by atoms with Crippen LogP contribution in [-0.4, -0.2) is 48.7 Å². The molecule has 2 fully saturated rings. The zero-order valence-electron chi connectivity index (χ0n) is 20.7. The summed E-state index contributed by atoms with van der Waals surface area (Å²) in [4.78, 5) is 35.8. The monoisotopic (exact) mass is 512 g/mol. The van der Waals surface area contributed by atoms with Crippen LogP contribution >= 0.6 is 0 Å². The van der Waals surface area contributed by atoms with E-state index in [1.807, 2.05) is 0 Å². The second-order valence-electron chi connectivity index (χ2n) is 9.72. The van der Waals surface area contributed by atoms with Gasteiger partial charge in [0, 0.05) is 24.2 Å². The van der Waals surface area contributed by atoms with E-state index >= 15 is 0 Å². The Kier molecular flexibility index (Phi) is 8.98. The van der Waals surface area contributed by atoms with Gasteiger partial charge < -0.3 is 25.2 Å². The molecule has 37 heavy (non-hydrogen) atoms. The molecule has 9 heteroatoms. The van der Waals surface area contributed by atoms with Crippen LogP contribution in [0.3, 0.4) is 0 Å². The molecule has 198 valence electrons. The molecule has 3 N–H and O–H groups in total. The third-order valence-corrected chi connectivity index (χ3v) is 7.03. The van der Waals surface area contributed by atoms with Gasteiger partial charge in [0.1, 0.15) is 5.75 Å². The number of carboxylic acids is 1. The van der Waals surface area contributed by atoms with Crippen LogP contribution in [0.5, 0.6) is 11.5 Å². The number of hydrogen-bond donors (Lipinski definition) is 3. The van der Waals surface area contributed by atoms with Crippen LogP contribution in [0, 0.1) is 17.7 Å². The molecule has 0 atom stereocenters. The van der Waals surface area contributed by atoms with Gasteiger partial charge in [-0.1, -0.05) is 6.42 Å². The summed E-state index contributed by atoms with van der Waals surface area (Å²) in [6, 6.07) is 10.9. The minimum Gasteiger partial charge on any atom is -0.490 e. The minimum absolute atomic E-state index is 0.0246. The molecule has 4 rings (SSSR count). The van der Waals surface area contributed by atoms with E-state index in [9.17, 15) is 18.8 Å². The number of benzene rings is 2. The molecule has 2 aliphatic rings. The van der Waals surface area contributed by atoms with Gasteiger partial charge in [-0.3, -0.25) is 14.4 Å². The van der Waals surface area contributed by atoms with Gasteiger partial charge in [0.25, 0.3) is 11.8 Å². The highest BCUT2D eigenvalue weighted by Gasteiger charge is 2.27. The number of amides is 2. The van der Waals surface area contributed by atoms with Crippen molar-refractivity contribution in [3.63, 3.8) is 0 Å². The second kappa shape index (κ2) is 12.6. The molecule has 2 amide bonds. The lowest BCUT2D eigenvalue weighted by Crippen LogP contribution is -2.34. The zero-order chi connectivity index (χ0) is 26.2. The summed E-state index contributed by atoms with van der Waals surface area (Å²) in [5.74, 6) is -1.06. The summed E-state index contributed by atoms with van der Waals surface area (Å²) in [6.07, 6.45) is 5.97. The molecule has 0 aromatic heterocycles. The van der Waals surface area contributed by atoms with Gasteiger partial charge in [0.15, 0.2) is 11.6 Å². The minimum atomic E-state index is -0.749. The largest absolute Gasteiger partial charge is 0.490 e. The van der Waals surface area contributed by atoms with Crippen molar-refractivity contribution in [1.29, 1.82) is 0 Å². The Morgan fingerprint density at radius 1 is 0.865 bits per heavy atom. The first kappa shape index (κ1) is 26.4. The number of hydrogen-bond acceptors (Lipinski definition) is 5. The van der Waals surface area contributed by atoms with Crippen LogP contribution in [0.2, 0.25) is 0 Å². The van der Waals surface area contributed by atoms with Crippen molar-refractivity contribution in [2.45, 2.75) is 51.0 Å². The number of aliphatic carboxylic acids is 1. The summed E-state index contributed by atoms with van der Waals surface area (Å²) < 4.78 is 25.7. The molecule has 8 nitrogen and oxygen atoms in total. The first-order valence-electron chi connectivity index (χ1n) is 12.9. The number of nitrogens with one attached hydrogen (secondary N) is 2. The Morgan fingerprint density at radius 2 is 1.49 bits per heavy atom. The quantitative estimate of drug-likeness (QED) is 0.389. The number of rotatable bonds is 11. The number of carbonyl (C=O) groups is 3. The lowest BCUT2D eigenvalue weighted by Gasteiger charge is -2.26. The maximum absolute atomic E-state index is 14.3. The zero-order valence-corrected chi connectivity index (χ0v) is 20.7. The van der Waals surface area contributed by atoms with Crippen LogP contribution in [0.1, 0.15) is 65.7 Å². The van der Waals surface area contributed by atoms with E-state index in [1.54, 1.807) is 24.3 Å². The van der Waals surface area contributed by atoms with Gasteiger partial charge in [-0.25, -0.2) is 4.39 Å². The number of carbonyl (C=O) groups excluding carboxylic acids is 2. The average Bonchev–Trinajstić information content (AvgIpc) is 2.87. The van der Waals surface area contributed by atoms with E-state index < -0.39 is 17.7 Å². The van der Waals surface area contributed by atoms with Crippen LogP contribution in [-0.2, 0) is 4.79 Å². The summed E-state index contributed by atoms with van der Waals surface area (Å²) >= 11 is 0. The SMILES string of the molecule is O=C(NCCNC(=O)c1ccc(OCC2CCC2)c(F)c1)c1ccc(OC2CCC(C(=O)O)CC2)cc1. The molecule has 2 saturated carbocycles. The topological polar surface area (TPSA) is 114 Å². The van der Waals surface area contributed by atoms with Crippen molar-refractivity contribution in [2.24, 2.45) is 11.8 Å². The van der Waals surface area contributed by atoms with E-state index in [-0.39, 0.29) is 42.3 Å². The van der Waals surface area contributed by atoms with Crippen molar-refractivity contribution >= 4 is 17.8 Å². The molecule has 0 bridgehead atoms. The van der Waals surface area contributed by atoms with E-state index in [1.165, 1.54) is 18.6 Å². The lowest BCUT2D eigenvalue weighted by atomic mass is 9.86. The Balaban J connectivity index is 1.15. The number of ether oxygens (including phenoxy) is 2. The average molecular weight is 513 g/mol. The third-order valence-electron chi connectivity index (χ3n) is 7.03. The maximum atomic E-state index is 14.3. The smallest absolute Gasteiger partial charge is 0.306 e. The fourth-order valence-electron chi connectivity index (χ4n) is 4.49. The molecule has 0 aliphatic heterocycles. The molecule has 2 aromatic carbocycles. The maximum Gasteiger partial charge on any atom is 0.306 e. The highest BCUT2D eigenvalue weighted by Crippen LogP contribution is 2.29. The van der Waals surface area contributed by atoms with Crippen LogP contribution in [0.15, 0.2) is 42.5 Å². The van der Waals surface area contributed by atoms with Crippen LogP contribution < -0.4 is 20.1 Å². The Labute approximate surface area is 215 Å². The summed E-state index contributed by atoms with van der Waals surface area (Å²) in [7, 11) is 0. The highest BCUT2D eigenvalue weighted by molar-refractivity contribution is 5.95. The van der Waals surface area contributed by atoms with Gasteiger partial charge in [-0.2, -0.15) is 0 Å². The van der Waals surface area contributed by atoms with Gasteiger partial charge >= 0.3 is 5.97 Å². The highest BCUT2D eigenvalue weighted by atomic mass is 19.1. The van der Waals surface area contributed by atoms with Gasteiger partial charge in [0.05, 0.1) is 18.6 Å². The Bertz CT molecular complexity index is 1090. The summed E-state index contributed by atoms with van der Waals surface area (Å²) in [5, 5.41) is 14.5. The molecule has 0 heterocycles. The van der Waals surface area contributed by atoms with E-state index in [4.69, 9.17) is 14.6 Å². The summed E-state index contributed by atoms with van der Waals surface area (Å²) in [5.41, 5.74) is 0.639. The third kappa shape index (κ3) is 7.44. The molecule has 0 unspecified atom stereocenters. The molecule has 0 radical (unpaired) electrons. The predicted molar refractivity (Wildman–Crippen MR) is 134 cm³/mol. The first-order valence-corrected chi connectivity index (χ1v) is 12.9. The van der Waals surface area contributed by atoms with Gasteiger partial charge in [0.2, 0.25) is 0 Å². The predicted octanol–water partition coefficient (Wildman–Crippen LogP) is 4.19. The van der Waals surface area contributed by atoms with E-state index in [2.05, 4.69) is 10.6 Å². The van der Waals surface area contributed by atoms with Crippen LogP contribution in [0.4, 0.5) is 4.39 Å². The van der Waals surface area contributed by atoms with Crippen molar-refractivity contribution in [3.05, 3.63) is 59.4 Å². The van der Waals surface area contributed by atoms with Crippen molar-refractivity contribution in [1.82, 2.24) is 10.6 Å².